The van der Waals surface area contributed by atoms with Gasteiger partial charge in [0.25, 0.3) is 11.8 Å². The molecule has 38 heavy (non-hydrogen) atoms. The van der Waals surface area contributed by atoms with Crippen LogP contribution in [0.25, 0.3) is 21.9 Å². The largest absolute Gasteiger partial charge is 0.573 e. The van der Waals surface area contributed by atoms with Crippen molar-refractivity contribution >= 4 is 33.8 Å². The van der Waals surface area contributed by atoms with Crippen molar-refractivity contribution in [3.05, 3.63) is 53.7 Å². The maximum atomic E-state index is 13.2. The zero-order chi connectivity index (χ0) is 26.4. The van der Waals surface area contributed by atoms with E-state index in [0.29, 0.717) is 47.1 Å². The van der Waals surface area contributed by atoms with Crippen molar-refractivity contribution in [1.82, 2.24) is 30.2 Å². The van der Waals surface area contributed by atoms with Gasteiger partial charge in [-0.15, -0.1) is 13.2 Å². The molecule has 4 atom stereocenters. The Bertz CT molecular complexity index is 1620. The number of hydrogen-bond donors (Lipinski definition) is 3. The molecule has 1 aliphatic carbocycles. The van der Waals surface area contributed by atoms with Gasteiger partial charge >= 0.3 is 6.36 Å². The Morgan fingerprint density at radius 1 is 0.974 bits per heavy atom. The Kier molecular flexibility index (Phi) is 4.66. The molecule has 2 aromatic heterocycles. The van der Waals surface area contributed by atoms with Crippen LogP contribution in [0.4, 0.5) is 13.2 Å². The molecule has 196 valence electrons. The minimum atomic E-state index is -4.81. The van der Waals surface area contributed by atoms with Crippen molar-refractivity contribution in [1.29, 1.82) is 0 Å². The second kappa shape index (κ2) is 7.69. The quantitative estimate of drug-likeness (QED) is 0.377. The molecule has 2 aliphatic heterocycles. The number of aliphatic hydroxyl groups is 1. The number of carbonyl (C=O) groups excluding carboxylic acids is 2. The average Bonchev–Trinajstić information content (AvgIpc) is 3.64. The molecule has 0 radical (unpaired) electrons. The summed E-state index contributed by atoms with van der Waals surface area (Å²) in [7, 11) is 0. The molecule has 10 nitrogen and oxygen atoms in total. The summed E-state index contributed by atoms with van der Waals surface area (Å²) in [5, 5.41) is 22.6. The van der Waals surface area contributed by atoms with Crippen molar-refractivity contribution in [2.24, 2.45) is 17.8 Å². The van der Waals surface area contributed by atoms with E-state index in [2.05, 4.69) is 25.1 Å². The van der Waals surface area contributed by atoms with E-state index in [1.54, 1.807) is 34.1 Å². The van der Waals surface area contributed by atoms with E-state index in [-0.39, 0.29) is 47.6 Å². The third-order valence-corrected chi connectivity index (χ3v) is 8.22. The highest BCUT2D eigenvalue weighted by Crippen LogP contribution is 2.57. The lowest BCUT2D eigenvalue weighted by Crippen LogP contribution is -2.61. The fourth-order valence-electron chi connectivity index (χ4n) is 6.49. The second-order valence-corrected chi connectivity index (χ2v) is 10.3. The highest BCUT2D eigenvalue weighted by atomic mass is 19.4. The van der Waals surface area contributed by atoms with E-state index in [1.165, 1.54) is 18.2 Å². The van der Waals surface area contributed by atoms with Crippen LogP contribution >= 0.6 is 0 Å². The van der Waals surface area contributed by atoms with Crippen LogP contribution < -0.4 is 4.74 Å². The Morgan fingerprint density at radius 2 is 1.74 bits per heavy atom. The number of aromatic nitrogens is 4. The summed E-state index contributed by atoms with van der Waals surface area (Å²) < 4.78 is 41.6. The first kappa shape index (κ1) is 23.0. The highest BCUT2D eigenvalue weighted by molar-refractivity contribution is 5.99. The summed E-state index contributed by atoms with van der Waals surface area (Å²) in [5.41, 5.74) is 1.24. The first-order valence-corrected chi connectivity index (χ1v) is 12.1. The number of halogens is 3. The lowest BCUT2D eigenvalue weighted by molar-refractivity contribution is -0.274. The number of likely N-dealkylation sites (tertiary alicyclic amines) is 2. The van der Waals surface area contributed by atoms with Crippen LogP contribution in [-0.2, 0) is 0 Å². The molecule has 2 amide bonds. The molecule has 2 aromatic carbocycles. The number of nitrogens with one attached hydrogen (secondary N) is 2. The normalized spacial score (nSPS) is 26.5. The molecule has 3 fully saturated rings. The molecule has 0 bridgehead atoms. The first-order valence-electron chi connectivity index (χ1n) is 12.1. The number of aromatic amines is 2. The smallest absolute Gasteiger partial charge is 0.406 e. The van der Waals surface area contributed by atoms with Crippen molar-refractivity contribution in [2.45, 2.75) is 12.0 Å². The molecule has 3 N–H and O–H groups in total. The van der Waals surface area contributed by atoms with Gasteiger partial charge in [0.15, 0.2) is 0 Å². The van der Waals surface area contributed by atoms with Crippen LogP contribution in [0.1, 0.15) is 20.8 Å². The maximum Gasteiger partial charge on any atom is 0.573 e. The number of fused-ring (bicyclic) bond motifs is 6. The van der Waals surface area contributed by atoms with Gasteiger partial charge in [0.2, 0.25) is 0 Å². The predicted molar refractivity (Wildman–Crippen MR) is 126 cm³/mol. The average molecular weight is 526 g/mol. The number of alkyl halides is 3. The molecule has 3 aliphatic rings. The zero-order valence-electron chi connectivity index (χ0n) is 19.7. The van der Waals surface area contributed by atoms with Crippen molar-refractivity contribution in [2.75, 3.05) is 26.2 Å². The summed E-state index contributed by atoms with van der Waals surface area (Å²) >= 11 is 0. The second-order valence-electron chi connectivity index (χ2n) is 10.3. The Balaban J connectivity index is 1.05. The molecular weight excluding hydrogens is 505 g/mol. The van der Waals surface area contributed by atoms with E-state index in [4.69, 9.17) is 0 Å². The van der Waals surface area contributed by atoms with Gasteiger partial charge in [-0.3, -0.25) is 9.59 Å². The van der Waals surface area contributed by atoms with Crippen molar-refractivity contribution in [3.63, 3.8) is 0 Å². The zero-order valence-corrected chi connectivity index (χ0v) is 19.7. The van der Waals surface area contributed by atoms with Crippen LogP contribution in [0.5, 0.6) is 5.75 Å². The van der Waals surface area contributed by atoms with Gasteiger partial charge in [0.05, 0.1) is 12.1 Å². The van der Waals surface area contributed by atoms with E-state index in [1.807, 2.05) is 0 Å². The summed E-state index contributed by atoms with van der Waals surface area (Å²) in [5.74, 6) is -1.09. The number of carbonyl (C=O) groups is 2. The number of hydrogen-bond acceptors (Lipinski definition) is 6. The number of ether oxygens (including phenoxy) is 1. The Labute approximate surface area is 212 Å². The van der Waals surface area contributed by atoms with E-state index < -0.39 is 12.0 Å². The number of β-amino-alcohol motifs (C(OH)–C–C–N with tert-alkyl or cyclic N) is 1. The predicted octanol–water partition coefficient (Wildman–Crippen LogP) is 2.54. The fraction of sp³-hybridized carbons (Fsp3) is 0.360. The van der Waals surface area contributed by atoms with Gasteiger partial charge in [-0.1, -0.05) is 0 Å². The van der Waals surface area contributed by atoms with Crippen molar-refractivity contribution in [3.8, 4) is 5.75 Å². The summed E-state index contributed by atoms with van der Waals surface area (Å²) in [6.45, 7) is 1.34. The number of rotatable bonds is 3. The van der Waals surface area contributed by atoms with E-state index in [0.717, 1.165) is 0 Å². The van der Waals surface area contributed by atoms with Gasteiger partial charge in [-0.25, -0.2) is 0 Å². The van der Waals surface area contributed by atoms with E-state index in [9.17, 15) is 27.9 Å². The molecular formula is C25H21F3N6O4. The van der Waals surface area contributed by atoms with Crippen molar-refractivity contribution < 1.29 is 32.6 Å². The van der Waals surface area contributed by atoms with Gasteiger partial charge < -0.3 is 24.6 Å². The third kappa shape index (κ3) is 3.45. The maximum absolute atomic E-state index is 13.2. The number of amides is 2. The Morgan fingerprint density at radius 3 is 2.53 bits per heavy atom. The molecule has 13 heteroatoms. The summed E-state index contributed by atoms with van der Waals surface area (Å²) in [6, 6.07) is 10.5. The number of benzene rings is 2. The highest BCUT2D eigenvalue weighted by Gasteiger charge is 2.68. The van der Waals surface area contributed by atoms with Crippen LogP contribution in [0.2, 0.25) is 0 Å². The Hall–Kier alpha value is -4.13. The van der Waals surface area contributed by atoms with Crippen LogP contribution in [0.15, 0.2) is 42.5 Å². The molecule has 4 heterocycles. The third-order valence-electron chi connectivity index (χ3n) is 8.22. The van der Waals surface area contributed by atoms with Crippen LogP contribution in [0.3, 0.4) is 0 Å². The van der Waals surface area contributed by atoms with Crippen LogP contribution in [-0.4, -0.2) is 85.3 Å². The van der Waals surface area contributed by atoms with E-state index >= 15 is 0 Å². The minimum Gasteiger partial charge on any atom is -0.406 e. The minimum absolute atomic E-state index is 0.0716. The van der Waals surface area contributed by atoms with Gasteiger partial charge in [0.1, 0.15) is 22.5 Å². The number of H-pyrrole nitrogens is 2. The topological polar surface area (TPSA) is 127 Å². The number of nitrogens with zero attached hydrogens (tertiary/aromatic N) is 4. The monoisotopic (exact) mass is 526 g/mol. The van der Waals surface area contributed by atoms with Gasteiger partial charge in [0, 0.05) is 54.0 Å². The lowest BCUT2D eigenvalue weighted by atomic mass is 9.56. The van der Waals surface area contributed by atoms with Gasteiger partial charge in [-0.05, 0) is 42.3 Å². The summed E-state index contributed by atoms with van der Waals surface area (Å²) in [6.07, 6.45) is -4.81. The lowest BCUT2D eigenvalue weighted by Gasteiger charge is -2.50. The molecule has 7 rings (SSSR count). The SMILES string of the molecule is O=C(c1ccc2n[nH]nc2c1)N1C[C@@H]2C3CN(C(=O)c4cc5ccc(OC(F)(F)F)cc5[nH]4)CC3(O)[C@@H]2C1. The fourth-order valence-corrected chi connectivity index (χ4v) is 6.49. The molecule has 2 saturated heterocycles. The standard InChI is InChI=1S/C25H21F3N6O4/c26-25(27,28)38-14-3-1-12-5-21(29-19(12)7-14)23(36)34-10-17-15-8-33(9-16(15)24(17,37)11-34)22(35)13-2-4-18-20(6-13)31-32-30-18/h1-7,15-17,29,37H,8-11H2,(H,30,31,32)/t15-,16+,17?,24?/m0/s1. The van der Waals surface area contributed by atoms with Gasteiger partial charge in [-0.2, -0.15) is 15.4 Å². The first-order chi connectivity index (χ1) is 18.1. The van der Waals surface area contributed by atoms with Crippen LogP contribution in [0, 0.1) is 17.8 Å². The summed E-state index contributed by atoms with van der Waals surface area (Å²) in [4.78, 5) is 32.6. The molecule has 0 spiro atoms. The molecule has 2 unspecified atom stereocenters. The molecule has 4 aromatic rings. The molecule has 1 saturated carbocycles.